The van der Waals surface area contributed by atoms with Crippen LogP contribution in [-0.4, -0.2) is 47.0 Å². The van der Waals surface area contributed by atoms with E-state index >= 15 is 0 Å². The van der Waals surface area contributed by atoms with E-state index in [1.165, 1.54) is 43.9 Å². The van der Waals surface area contributed by atoms with E-state index in [0.29, 0.717) is 30.1 Å². The number of anilines is 2. The van der Waals surface area contributed by atoms with Crippen molar-refractivity contribution in [2.75, 3.05) is 25.6 Å². The van der Waals surface area contributed by atoms with Crippen LogP contribution in [0.1, 0.15) is 47.7 Å². The number of ketones is 1. The normalized spacial score (nSPS) is 16.6. The second kappa shape index (κ2) is 12.6. The van der Waals surface area contributed by atoms with E-state index in [1.54, 1.807) is 6.92 Å². The number of nitrogens with one attached hydrogen (secondary N) is 2. The number of methoxy groups -OCH3 is 1. The number of halogens is 4. The van der Waals surface area contributed by atoms with Gasteiger partial charge in [0.25, 0.3) is 0 Å². The standard InChI is InChI=1S/C26H25ClF3N5O4.CH4/c1-15-31-10-16(11-32-15)23(36)9-25(5-6-39-14-25)24(37)34-13-22-20(27)7-17(12-33-22)35-21-4-3-18(38-2)8-19(21)26(28,29)30;/h3-4,7-8,10-12,35H,5-6,9,13-14H2,1-2H3,(H,34,37);1H4/t25-;/m0./s1. The Hall–Kier alpha value is -3.77. The molecule has 40 heavy (non-hydrogen) atoms. The van der Waals surface area contributed by atoms with Crippen LogP contribution in [0.25, 0.3) is 0 Å². The van der Waals surface area contributed by atoms with Crippen LogP contribution in [0.3, 0.4) is 0 Å². The maximum absolute atomic E-state index is 13.5. The van der Waals surface area contributed by atoms with Crippen LogP contribution < -0.4 is 15.4 Å². The maximum Gasteiger partial charge on any atom is 0.418 e. The minimum absolute atomic E-state index is 0. The fraction of sp³-hybridized carbons (Fsp3) is 0.370. The summed E-state index contributed by atoms with van der Waals surface area (Å²) >= 11 is 6.34. The van der Waals surface area contributed by atoms with Gasteiger partial charge in [-0.3, -0.25) is 14.6 Å². The van der Waals surface area contributed by atoms with Crippen LogP contribution in [0, 0.1) is 12.3 Å². The number of ether oxygens (including phenoxy) is 2. The molecule has 2 N–H and O–H groups in total. The SMILES string of the molecule is C.COc1ccc(Nc2cnc(CNC(=O)[C@]3(CC(=O)c4cnc(C)nc4)CCOC3)c(Cl)c2)c(C(F)(F)F)c1. The van der Waals surface area contributed by atoms with E-state index in [9.17, 15) is 22.8 Å². The van der Waals surface area contributed by atoms with Crippen molar-refractivity contribution < 1.29 is 32.2 Å². The molecule has 4 rings (SSSR count). The first-order valence-electron chi connectivity index (χ1n) is 11.9. The largest absolute Gasteiger partial charge is 0.497 e. The second-order valence-corrected chi connectivity index (χ2v) is 9.48. The molecule has 1 amide bonds. The quantitative estimate of drug-likeness (QED) is 0.318. The number of carbonyl (C=O) groups excluding carboxylic acids is 2. The van der Waals surface area contributed by atoms with Gasteiger partial charge in [0.15, 0.2) is 5.78 Å². The molecule has 1 aliphatic heterocycles. The zero-order chi connectivity index (χ0) is 28.2. The van der Waals surface area contributed by atoms with Crippen molar-refractivity contribution in [2.24, 2.45) is 5.41 Å². The summed E-state index contributed by atoms with van der Waals surface area (Å²) in [5.74, 6) is -0.0819. The molecule has 0 aliphatic carbocycles. The van der Waals surface area contributed by atoms with Crippen molar-refractivity contribution in [3.63, 3.8) is 0 Å². The van der Waals surface area contributed by atoms with E-state index in [1.807, 2.05) is 0 Å². The molecule has 13 heteroatoms. The minimum atomic E-state index is -4.62. The fourth-order valence-electron chi connectivity index (χ4n) is 4.12. The highest BCUT2D eigenvalue weighted by Gasteiger charge is 2.44. The summed E-state index contributed by atoms with van der Waals surface area (Å²) in [4.78, 5) is 38.3. The van der Waals surface area contributed by atoms with Crippen molar-refractivity contribution in [1.29, 1.82) is 0 Å². The number of benzene rings is 1. The third kappa shape index (κ3) is 7.05. The highest BCUT2D eigenvalue weighted by molar-refractivity contribution is 6.31. The third-order valence-corrected chi connectivity index (χ3v) is 6.66. The summed E-state index contributed by atoms with van der Waals surface area (Å²) in [5.41, 5.74) is -1.36. The average Bonchev–Trinajstić information content (AvgIpc) is 3.37. The van der Waals surface area contributed by atoms with E-state index < -0.39 is 23.1 Å². The number of rotatable bonds is 9. The van der Waals surface area contributed by atoms with Crippen molar-refractivity contribution >= 4 is 34.7 Å². The first kappa shape index (κ1) is 30.8. The summed E-state index contributed by atoms with van der Waals surface area (Å²) in [5, 5.41) is 5.58. The number of carbonyl (C=O) groups is 2. The fourth-order valence-corrected chi connectivity index (χ4v) is 4.35. The zero-order valence-electron chi connectivity index (χ0n) is 21.1. The molecule has 1 saturated heterocycles. The number of aromatic nitrogens is 3. The van der Waals surface area contributed by atoms with Gasteiger partial charge in [-0.25, -0.2) is 9.97 Å². The van der Waals surface area contributed by atoms with Gasteiger partial charge in [0.05, 0.1) is 65.1 Å². The Morgan fingerprint density at radius 2 is 1.88 bits per heavy atom. The Morgan fingerprint density at radius 3 is 2.48 bits per heavy atom. The van der Waals surface area contributed by atoms with Crippen LogP contribution in [0.5, 0.6) is 5.75 Å². The smallest absolute Gasteiger partial charge is 0.418 e. The monoisotopic (exact) mass is 579 g/mol. The molecule has 3 heterocycles. The van der Waals surface area contributed by atoms with Gasteiger partial charge in [0, 0.05) is 25.4 Å². The van der Waals surface area contributed by atoms with E-state index in [2.05, 4.69) is 25.6 Å². The van der Waals surface area contributed by atoms with Crippen LogP contribution in [0.15, 0.2) is 42.9 Å². The maximum atomic E-state index is 13.5. The predicted octanol–water partition coefficient (Wildman–Crippen LogP) is 5.54. The summed E-state index contributed by atoms with van der Waals surface area (Å²) in [7, 11) is 1.28. The van der Waals surface area contributed by atoms with Gasteiger partial charge in [-0.15, -0.1) is 0 Å². The molecule has 0 spiro atoms. The molecule has 2 aromatic heterocycles. The van der Waals surface area contributed by atoms with Crippen molar-refractivity contribution in [1.82, 2.24) is 20.3 Å². The molecule has 9 nitrogen and oxygen atoms in total. The number of aryl methyl sites for hydroxylation is 1. The number of hydrogen-bond acceptors (Lipinski definition) is 8. The van der Waals surface area contributed by atoms with E-state index in [0.717, 1.165) is 6.07 Å². The lowest BCUT2D eigenvalue weighted by Crippen LogP contribution is -2.43. The van der Waals surface area contributed by atoms with Crippen LogP contribution in [-0.2, 0) is 22.3 Å². The van der Waals surface area contributed by atoms with Gasteiger partial charge < -0.3 is 20.1 Å². The number of amides is 1. The number of hydrogen-bond donors (Lipinski definition) is 2. The first-order chi connectivity index (χ1) is 18.5. The van der Waals surface area contributed by atoms with Gasteiger partial charge in [-0.05, 0) is 37.6 Å². The Balaban J connectivity index is 0.00000441. The molecule has 214 valence electrons. The lowest BCUT2D eigenvalue weighted by molar-refractivity contribution is -0.137. The van der Waals surface area contributed by atoms with Crippen LogP contribution >= 0.6 is 11.6 Å². The molecular weight excluding hydrogens is 551 g/mol. The zero-order valence-corrected chi connectivity index (χ0v) is 21.8. The van der Waals surface area contributed by atoms with Gasteiger partial charge in [0.2, 0.25) is 5.91 Å². The lowest BCUT2D eigenvalue weighted by Gasteiger charge is -2.25. The summed E-state index contributed by atoms with van der Waals surface area (Å²) < 4.78 is 50.9. The average molecular weight is 580 g/mol. The Labute approximate surface area is 234 Å². The van der Waals surface area contributed by atoms with Gasteiger partial charge in [-0.2, -0.15) is 13.2 Å². The highest BCUT2D eigenvalue weighted by Crippen LogP contribution is 2.39. The van der Waals surface area contributed by atoms with E-state index in [-0.39, 0.29) is 54.9 Å². The molecule has 0 radical (unpaired) electrons. The summed E-state index contributed by atoms with van der Waals surface area (Å²) in [6.45, 7) is 2.05. The molecule has 0 saturated carbocycles. The molecule has 0 bridgehead atoms. The second-order valence-electron chi connectivity index (χ2n) is 9.07. The number of pyridine rings is 1. The van der Waals surface area contributed by atoms with Crippen molar-refractivity contribution in [3.05, 3.63) is 70.5 Å². The highest BCUT2D eigenvalue weighted by atomic mass is 35.5. The molecule has 3 aromatic rings. The molecular formula is C27H29ClF3N5O4. The summed E-state index contributed by atoms with van der Waals surface area (Å²) in [6.07, 6.45) is -0.188. The number of Topliss-reactive ketones (excluding diaryl/α,β-unsaturated/α-hetero) is 1. The van der Waals surface area contributed by atoms with Gasteiger partial charge >= 0.3 is 6.18 Å². The Bertz CT molecular complexity index is 1360. The lowest BCUT2D eigenvalue weighted by atomic mass is 9.80. The topological polar surface area (TPSA) is 115 Å². The minimum Gasteiger partial charge on any atom is -0.497 e. The third-order valence-electron chi connectivity index (χ3n) is 6.33. The Morgan fingerprint density at radius 1 is 1.15 bits per heavy atom. The predicted molar refractivity (Wildman–Crippen MR) is 143 cm³/mol. The summed E-state index contributed by atoms with van der Waals surface area (Å²) in [6, 6.07) is 4.95. The molecule has 1 atom stereocenters. The van der Waals surface area contributed by atoms with Crippen LogP contribution in [0.4, 0.5) is 24.5 Å². The van der Waals surface area contributed by atoms with Gasteiger partial charge in [-0.1, -0.05) is 19.0 Å². The Kier molecular flexibility index (Phi) is 9.69. The van der Waals surface area contributed by atoms with Gasteiger partial charge in [0.1, 0.15) is 11.6 Å². The van der Waals surface area contributed by atoms with E-state index in [4.69, 9.17) is 21.1 Å². The number of nitrogens with zero attached hydrogens (tertiary/aromatic N) is 3. The molecule has 1 aliphatic rings. The number of alkyl halides is 3. The molecule has 0 unspecified atom stereocenters. The first-order valence-corrected chi connectivity index (χ1v) is 12.2. The molecule has 1 fully saturated rings. The van der Waals surface area contributed by atoms with Crippen LogP contribution in [0.2, 0.25) is 5.02 Å². The molecule has 1 aromatic carbocycles. The van der Waals surface area contributed by atoms with Crippen molar-refractivity contribution in [3.8, 4) is 5.75 Å². The van der Waals surface area contributed by atoms with Crippen molar-refractivity contribution in [2.45, 2.75) is 39.9 Å².